The van der Waals surface area contributed by atoms with Crippen LogP contribution in [0.1, 0.15) is 96.2 Å². The Labute approximate surface area is 309 Å². The monoisotopic (exact) mass is 719 g/mol. The van der Waals surface area contributed by atoms with E-state index in [2.05, 4.69) is 41.0 Å². The largest absolute Gasteiger partial charge is 0.466 e. The number of carbonyl (C=O) groups is 4. The molecule has 1 saturated heterocycles. The first-order valence-electron chi connectivity index (χ1n) is 19.4. The van der Waals surface area contributed by atoms with Crippen molar-refractivity contribution in [3.05, 3.63) is 66.8 Å². The van der Waals surface area contributed by atoms with Crippen LogP contribution in [0.5, 0.6) is 0 Å². The molecule has 5 atom stereocenters. The number of allylic oxidation sites excluding steroid dienone is 1. The lowest BCUT2D eigenvalue weighted by Crippen LogP contribution is -2.55. The first-order valence-corrected chi connectivity index (χ1v) is 19.4. The molecule has 0 spiro atoms. The van der Waals surface area contributed by atoms with Crippen LogP contribution >= 0.6 is 0 Å². The van der Waals surface area contributed by atoms with E-state index in [9.17, 15) is 24.3 Å². The fraction of sp³-hybridized carbons (Fsp3) is 0.634. The number of amides is 3. The molecule has 0 radical (unpaired) electrons. The van der Waals surface area contributed by atoms with Crippen molar-refractivity contribution in [2.45, 2.75) is 116 Å². The predicted molar refractivity (Wildman–Crippen MR) is 201 cm³/mol. The Morgan fingerprint density at radius 2 is 1.73 bits per heavy atom. The number of aliphatic hydroxyl groups is 1. The zero-order valence-electron chi connectivity index (χ0n) is 31.4. The van der Waals surface area contributed by atoms with Crippen molar-refractivity contribution in [3.63, 3.8) is 0 Å². The van der Waals surface area contributed by atoms with E-state index in [1.165, 1.54) is 12.7 Å². The van der Waals surface area contributed by atoms with Gasteiger partial charge in [0.15, 0.2) is 0 Å². The average Bonchev–Trinajstić information content (AvgIpc) is 3.67. The zero-order valence-corrected chi connectivity index (χ0v) is 31.4. The van der Waals surface area contributed by atoms with Gasteiger partial charge in [0.1, 0.15) is 6.04 Å². The molecule has 1 saturated carbocycles. The molecule has 0 bridgehead atoms. The summed E-state index contributed by atoms with van der Waals surface area (Å²) in [6.07, 6.45) is 12.6. The van der Waals surface area contributed by atoms with Crippen LogP contribution in [0.2, 0.25) is 0 Å². The molecule has 4 N–H and O–H groups in total. The molecule has 2 heterocycles. The lowest BCUT2D eigenvalue weighted by Gasteiger charge is -2.33. The van der Waals surface area contributed by atoms with E-state index in [0.717, 1.165) is 31.2 Å². The lowest BCUT2D eigenvalue weighted by molar-refractivity contribution is -0.151. The number of likely N-dealkylation sites (tertiary alicyclic amines) is 1. The van der Waals surface area contributed by atoms with E-state index in [4.69, 9.17) is 4.74 Å². The summed E-state index contributed by atoms with van der Waals surface area (Å²) in [6, 6.07) is 8.07. The number of aliphatic hydroxyl groups excluding tert-OH is 1. The van der Waals surface area contributed by atoms with Crippen LogP contribution in [-0.4, -0.2) is 81.5 Å². The third-order valence-corrected chi connectivity index (χ3v) is 11.0. The van der Waals surface area contributed by atoms with Gasteiger partial charge in [0.2, 0.25) is 17.7 Å². The van der Waals surface area contributed by atoms with Crippen LogP contribution in [0.25, 0.3) is 0 Å². The Bertz CT molecular complexity index is 1400. The predicted octanol–water partition coefficient (Wildman–Crippen LogP) is 5.15. The molecule has 1 aliphatic heterocycles. The minimum absolute atomic E-state index is 0.0390. The third kappa shape index (κ3) is 12.6. The summed E-state index contributed by atoms with van der Waals surface area (Å²) in [5.74, 6) is -1.37. The van der Waals surface area contributed by atoms with Crippen LogP contribution in [-0.2, 0) is 36.8 Å². The van der Waals surface area contributed by atoms with Gasteiger partial charge in [-0.3, -0.25) is 19.2 Å². The van der Waals surface area contributed by atoms with E-state index < -0.39 is 30.0 Å². The highest BCUT2D eigenvalue weighted by Gasteiger charge is 2.35. The van der Waals surface area contributed by atoms with Gasteiger partial charge in [0, 0.05) is 32.1 Å². The second kappa shape index (κ2) is 20.9. The quantitative estimate of drug-likeness (QED) is 0.116. The summed E-state index contributed by atoms with van der Waals surface area (Å²) in [7, 11) is 0. The van der Waals surface area contributed by atoms with E-state index in [1.807, 2.05) is 36.4 Å². The van der Waals surface area contributed by atoms with Gasteiger partial charge in [-0.2, -0.15) is 0 Å². The lowest BCUT2D eigenvalue weighted by atomic mass is 9.81. The van der Waals surface area contributed by atoms with Crippen molar-refractivity contribution >= 4 is 23.7 Å². The second-order valence-corrected chi connectivity index (χ2v) is 15.1. The minimum atomic E-state index is -0.981. The first kappa shape index (κ1) is 40.8. The van der Waals surface area contributed by atoms with Crippen molar-refractivity contribution in [1.29, 1.82) is 0 Å². The Balaban J connectivity index is 1.52. The molecule has 1 aromatic heterocycles. The van der Waals surface area contributed by atoms with Gasteiger partial charge in [-0.05, 0) is 62.3 Å². The molecule has 4 rings (SSSR count). The van der Waals surface area contributed by atoms with Crippen LogP contribution < -0.4 is 10.6 Å². The summed E-state index contributed by atoms with van der Waals surface area (Å²) in [5.41, 5.74) is 1.51. The number of hydrogen-bond acceptors (Lipinski definition) is 7. The van der Waals surface area contributed by atoms with Gasteiger partial charge >= 0.3 is 5.97 Å². The van der Waals surface area contributed by atoms with Crippen LogP contribution in [0.15, 0.2) is 55.5 Å². The fourth-order valence-corrected chi connectivity index (χ4v) is 7.69. The molecule has 2 fully saturated rings. The van der Waals surface area contributed by atoms with Crippen molar-refractivity contribution in [3.8, 4) is 0 Å². The van der Waals surface area contributed by atoms with Crippen LogP contribution in [0.3, 0.4) is 0 Å². The number of esters is 1. The normalized spacial score (nSPS) is 18.5. The van der Waals surface area contributed by atoms with Gasteiger partial charge < -0.3 is 30.4 Å². The summed E-state index contributed by atoms with van der Waals surface area (Å²) < 4.78 is 5.19. The molecule has 3 amide bonds. The number of nitrogens with one attached hydrogen (secondary N) is 3. The standard InChI is InChI=1S/C41H61N5O6/c1-5-31(28(3)4)23-37(47)35(22-30-15-11-8-12-16-30)44-40(50)36(25-34-26-42-27-43-34)45-39(49)33(21-29-13-9-7-10-14-29)24-38(48)46-19-17-32(18-20-46)41(51)52-6-2/h5,7,9-10,13-14,26-28,30-33,35-37,47H,1,6,8,11-12,15-25H2,2-4H3,(H,42,43)(H,44,50)(H,45,49)/t31-,33+,35-,36-,37+/m0/s1. The topological polar surface area (TPSA) is 154 Å². The Morgan fingerprint density at radius 1 is 1.02 bits per heavy atom. The number of ether oxygens (including phenoxy) is 1. The molecule has 286 valence electrons. The second-order valence-electron chi connectivity index (χ2n) is 15.1. The van der Waals surface area contributed by atoms with Gasteiger partial charge in [-0.15, -0.1) is 6.58 Å². The zero-order chi connectivity index (χ0) is 37.5. The number of hydrogen-bond donors (Lipinski definition) is 4. The van der Waals surface area contributed by atoms with Crippen LogP contribution in [0, 0.1) is 29.6 Å². The summed E-state index contributed by atoms with van der Waals surface area (Å²) in [5, 5.41) is 17.7. The summed E-state index contributed by atoms with van der Waals surface area (Å²) in [6.45, 7) is 11.1. The third-order valence-electron chi connectivity index (χ3n) is 11.0. The number of rotatable bonds is 19. The average molecular weight is 720 g/mol. The number of imidazole rings is 1. The maximum absolute atomic E-state index is 14.2. The highest BCUT2D eigenvalue weighted by Crippen LogP contribution is 2.30. The molecular weight excluding hydrogens is 658 g/mol. The molecular formula is C41H61N5O6. The maximum atomic E-state index is 14.2. The molecule has 52 heavy (non-hydrogen) atoms. The highest BCUT2D eigenvalue weighted by molar-refractivity contribution is 5.91. The molecule has 1 aliphatic carbocycles. The van der Waals surface area contributed by atoms with Gasteiger partial charge in [-0.1, -0.05) is 82.4 Å². The highest BCUT2D eigenvalue weighted by atomic mass is 16.5. The summed E-state index contributed by atoms with van der Waals surface area (Å²) in [4.78, 5) is 63.3. The molecule has 2 aliphatic rings. The Kier molecular flexibility index (Phi) is 16.4. The van der Waals surface area contributed by atoms with Gasteiger partial charge in [-0.25, -0.2) is 4.98 Å². The Morgan fingerprint density at radius 3 is 2.35 bits per heavy atom. The van der Waals surface area contributed by atoms with Crippen molar-refractivity contribution < 1.29 is 29.0 Å². The molecule has 11 nitrogen and oxygen atoms in total. The number of aromatic nitrogens is 2. The van der Waals surface area contributed by atoms with Crippen molar-refractivity contribution in [2.24, 2.45) is 29.6 Å². The smallest absolute Gasteiger partial charge is 0.309 e. The van der Waals surface area contributed by atoms with E-state index in [1.54, 1.807) is 18.0 Å². The maximum Gasteiger partial charge on any atom is 0.309 e. The number of piperidine rings is 1. The molecule has 1 aromatic carbocycles. The van der Waals surface area contributed by atoms with E-state index >= 15 is 0 Å². The molecule has 0 unspecified atom stereocenters. The number of benzene rings is 1. The number of H-pyrrole nitrogens is 1. The Hall–Kier alpha value is -3.99. The first-order chi connectivity index (χ1) is 25.1. The SMILES string of the molecule is C=C[C@@H](C[C@@H](O)[C@H](CC1CCCCC1)NC(=O)[C@H](Cc1c[nH]cn1)NC(=O)[C@@H](CC(=O)N1CCC(C(=O)OCC)CC1)Cc1ccccc1)C(C)C. The van der Waals surface area contributed by atoms with Crippen molar-refractivity contribution in [1.82, 2.24) is 25.5 Å². The number of carbonyl (C=O) groups excluding carboxylic acids is 4. The van der Waals surface area contributed by atoms with Gasteiger partial charge in [0.05, 0.1) is 42.6 Å². The number of aromatic amines is 1. The minimum Gasteiger partial charge on any atom is -0.466 e. The molecule has 11 heteroatoms. The molecule has 2 aromatic rings. The summed E-state index contributed by atoms with van der Waals surface area (Å²) >= 11 is 0. The van der Waals surface area contributed by atoms with Gasteiger partial charge in [0.25, 0.3) is 0 Å². The van der Waals surface area contributed by atoms with E-state index in [0.29, 0.717) is 63.4 Å². The van der Waals surface area contributed by atoms with Crippen molar-refractivity contribution in [2.75, 3.05) is 19.7 Å². The number of nitrogens with zero attached hydrogens (tertiary/aromatic N) is 2. The van der Waals surface area contributed by atoms with Crippen LogP contribution in [0.4, 0.5) is 0 Å². The fourth-order valence-electron chi connectivity index (χ4n) is 7.69. The van der Waals surface area contributed by atoms with E-state index in [-0.39, 0.29) is 48.4 Å².